The number of pyridine rings is 1. The van der Waals surface area contributed by atoms with Gasteiger partial charge >= 0.3 is 0 Å². The fourth-order valence-electron chi connectivity index (χ4n) is 4.25. The second-order valence-corrected chi connectivity index (χ2v) is 10.1. The quantitative estimate of drug-likeness (QED) is 0.194. The van der Waals surface area contributed by atoms with Crippen molar-refractivity contribution >= 4 is 67.7 Å². The van der Waals surface area contributed by atoms with Crippen LogP contribution in [0.25, 0.3) is 28.2 Å². The maximum absolute atomic E-state index is 10.5. The molecule has 0 aliphatic heterocycles. The number of aliphatic hydroxyl groups excluding tert-OH is 1. The minimum Gasteiger partial charge on any atom is -0.506 e. The molecule has 5 N–H and O–H groups in total. The van der Waals surface area contributed by atoms with Gasteiger partial charge in [-0.3, -0.25) is 5.14 Å². The molecule has 4 aromatic rings. The molecule has 0 spiro atoms. The first-order chi connectivity index (χ1) is 16.4. The summed E-state index contributed by atoms with van der Waals surface area (Å²) in [7, 11) is 0. The first-order valence-corrected chi connectivity index (χ1v) is 12.7. The average Bonchev–Trinajstić information content (AvgIpc) is 3.37. The molecule has 7 nitrogen and oxygen atoms in total. The molecule has 1 aromatic carbocycles. The van der Waals surface area contributed by atoms with Gasteiger partial charge in [-0.25, -0.2) is 9.97 Å². The fraction of sp³-hybridized carbons (Fsp3) is 0.167. The minimum atomic E-state index is 0.198. The van der Waals surface area contributed by atoms with Gasteiger partial charge in [-0.15, -0.1) is 0 Å². The second-order valence-electron chi connectivity index (χ2n) is 8.04. The monoisotopic (exact) mass is 556 g/mol. The number of nitrogens with two attached hydrogens (primary N) is 1. The van der Waals surface area contributed by atoms with E-state index in [1.807, 2.05) is 48.7 Å². The predicted octanol–water partition coefficient (Wildman–Crippen LogP) is 7.16. The number of anilines is 2. The van der Waals surface area contributed by atoms with Gasteiger partial charge in [0.2, 0.25) is 0 Å². The minimum absolute atomic E-state index is 0.198. The summed E-state index contributed by atoms with van der Waals surface area (Å²) in [6.07, 6.45) is 4.97. The molecule has 0 saturated heterocycles. The van der Waals surface area contributed by atoms with E-state index in [2.05, 4.69) is 31.2 Å². The van der Waals surface area contributed by atoms with Crippen molar-refractivity contribution in [3.8, 4) is 11.4 Å². The molecule has 174 valence electrons. The van der Waals surface area contributed by atoms with Crippen molar-refractivity contribution in [1.82, 2.24) is 19.5 Å². The Labute approximate surface area is 214 Å². The van der Waals surface area contributed by atoms with Crippen molar-refractivity contribution in [2.45, 2.75) is 31.6 Å². The first-order valence-electron chi connectivity index (χ1n) is 10.6. The summed E-state index contributed by atoms with van der Waals surface area (Å²) >= 11 is 11.3. The van der Waals surface area contributed by atoms with Crippen molar-refractivity contribution in [2.24, 2.45) is 5.14 Å². The molecule has 34 heavy (non-hydrogen) atoms. The molecule has 0 saturated carbocycles. The van der Waals surface area contributed by atoms with Crippen LogP contribution < -0.4 is 10.5 Å². The molecule has 0 amide bonds. The molecule has 0 unspecified atom stereocenters. The Kier molecular flexibility index (Phi) is 6.20. The summed E-state index contributed by atoms with van der Waals surface area (Å²) in [5, 5.41) is 20.3. The number of aromatic nitrogens is 4. The fourth-order valence-corrected chi connectivity index (χ4v) is 5.29. The number of fused-ring (bicyclic) bond motifs is 1. The lowest BCUT2D eigenvalue weighted by Gasteiger charge is -2.19. The van der Waals surface area contributed by atoms with Crippen LogP contribution in [0.5, 0.6) is 0 Å². The summed E-state index contributed by atoms with van der Waals surface area (Å²) in [5.41, 5.74) is 6.51. The zero-order valence-corrected chi connectivity index (χ0v) is 21.6. The number of aromatic amines is 1. The Balaban J connectivity index is 1.60. The van der Waals surface area contributed by atoms with Gasteiger partial charge in [0.25, 0.3) is 0 Å². The predicted molar refractivity (Wildman–Crippen MR) is 143 cm³/mol. The molecule has 3 aromatic heterocycles. The number of nitrogens with zero attached hydrogens (tertiary/aromatic N) is 3. The summed E-state index contributed by atoms with van der Waals surface area (Å²) in [6.45, 7) is 3.98. The molecule has 1 aliphatic rings. The zero-order chi connectivity index (χ0) is 24.0. The van der Waals surface area contributed by atoms with Gasteiger partial charge in [0.15, 0.2) is 5.65 Å². The number of nitrogens with one attached hydrogen (secondary N) is 2. The van der Waals surface area contributed by atoms with E-state index in [0.29, 0.717) is 28.6 Å². The molecule has 5 rings (SSSR count). The maximum atomic E-state index is 10.5. The average molecular weight is 558 g/mol. The highest BCUT2D eigenvalue weighted by Crippen LogP contribution is 2.38. The van der Waals surface area contributed by atoms with E-state index in [-0.39, 0.29) is 5.76 Å². The molecule has 1 aliphatic carbocycles. The molecule has 0 fully saturated rings. The van der Waals surface area contributed by atoms with Crippen LogP contribution in [-0.4, -0.2) is 24.6 Å². The number of benzene rings is 1. The number of H-pyrrole nitrogens is 1. The van der Waals surface area contributed by atoms with E-state index in [0.717, 1.165) is 49.6 Å². The van der Waals surface area contributed by atoms with Crippen LogP contribution in [0.4, 0.5) is 11.4 Å². The molecular weight excluding hydrogens is 536 g/mol. The smallest absolute Gasteiger partial charge is 0.180 e. The Bertz CT molecular complexity index is 1490. The van der Waals surface area contributed by atoms with Gasteiger partial charge < -0.3 is 20.0 Å². The summed E-state index contributed by atoms with van der Waals surface area (Å²) in [6, 6.07) is 9.90. The maximum Gasteiger partial charge on any atom is 0.180 e. The van der Waals surface area contributed by atoms with Crippen LogP contribution >= 0.6 is 39.5 Å². The third-order valence-corrected chi connectivity index (χ3v) is 7.32. The third-order valence-electron chi connectivity index (χ3n) is 5.82. The highest BCUT2D eigenvalue weighted by Gasteiger charge is 2.23. The lowest BCUT2D eigenvalue weighted by atomic mass is 10.1. The number of allylic oxidation sites excluding steroid dienone is 3. The van der Waals surface area contributed by atoms with Gasteiger partial charge in [-0.2, -0.15) is 0 Å². The topological polar surface area (TPSA) is 105 Å². The molecule has 0 bridgehead atoms. The van der Waals surface area contributed by atoms with Crippen LogP contribution in [0.15, 0.2) is 62.8 Å². The Morgan fingerprint density at radius 3 is 2.88 bits per heavy atom. The molecule has 0 radical (unpaired) electrons. The zero-order valence-electron chi connectivity index (χ0n) is 18.5. The van der Waals surface area contributed by atoms with Gasteiger partial charge in [-0.05, 0) is 84.9 Å². The van der Waals surface area contributed by atoms with Gasteiger partial charge in [0, 0.05) is 38.8 Å². The van der Waals surface area contributed by atoms with Crippen LogP contribution in [0.2, 0.25) is 0 Å². The van der Waals surface area contributed by atoms with Crippen LogP contribution in [-0.2, 0) is 0 Å². The summed E-state index contributed by atoms with van der Waals surface area (Å²) in [5.74, 6) is 0.884. The number of aryl methyl sites for hydroxylation is 1. The standard InChI is InChI=1S/C24H22BrClN6OS/c1-12-9-16(13(2)32(12)22-18(26)7-4-8-19(22)33)23-30-21-20(17(25)11-28-24(21)31-23)29-14-5-3-6-15(10-14)34-27/h3,5-6,8-11,33H,4,7,27H2,1-2H3,(H2,28,29,30,31). The number of aliphatic hydroxyl groups is 1. The van der Waals surface area contributed by atoms with Crippen LogP contribution in [0.1, 0.15) is 24.2 Å². The summed E-state index contributed by atoms with van der Waals surface area (Å²) < 4.78 is 2.79. The highest BCUT2D eigenvalue weighted by molar-refractivity contribution is 9.10. The first kappa shape index (κ1) is 23.0. The third kappa shape index (κ3) is 4.02. The number of rotatable bonds is 5. The summed E-state index contributed by atoms with van der Waals surface area (Å²) in [4.78, 5) is 13.7. The molecule has 10 heteroatoms. The van der Waals surface area contributed by atoms with Crippen LogP contribution in [0.3, 0.4) is 0 Å². The van der Waals surface area contributed by atoms with Crippen molar-refractivity contribution in [1.29, 1.82) is 0 Å². The molecule has 3 heterocycles. The van der Waals surface area contributed by atoms with E-state index in [1.165, 1.54) is 11.9 Å². The Morgan fingerprint density at radius 2 is 2.12 bits per heavy atom. The molecule has 0 atom stereocenters. The van der Waals surface area contributed by atoms with Crippen molar-refractivity contribution in [3.63, 3.8) is 0 Å². The number of halogens is 2. The van der Waals surface area contributed by atoms with Gasteiger partial charge in [-0.1, -0.05) is 17.7 Å². The number of hydrogen-bond donors (Lipinski definition) is 4. The second kappa shape index (κ2) is 9.14. The van der Waals surface area contributed by atoms with Crippen molar-refractivity contribution in [2.75, 3.05) is 5.32 Å². The SMILES string of the molecule is Cc1cc(-c2nc3ncc(Br)c(Nc4cccc(SN)c4)c3[nH]2)c(C)n1C1=C(Cl)CCC=C1O. The lowest BCUT2D eigenvalue weighted by molar-refractivity contribution is 0.426. The van der Waals surface area contributed by atoms with Gasteiger partial charge in [0.1, 0.15) is 22.8 Å². The Hall–Kier alpha value is -2.72. The van der Waals surface area contributed by atoms with Crippen molar-refractivity contribution in [3.05, 3.63) is 69.3 Å². The van der Waals surface area contributed by atoms with Gasteiger partial charge in [0.05, 0.1) is 10.2 Å². The highest BCUT2D eigenvalue weighted by atomic mass is 79.9. The van der Waals surface area contributed by atoms with E-state index < -0.39 is 0 Å². The van der Waals surface area contributed by atoms with E-state index in [9.17, 15) is 5.11 Å². The van der Waals surface area contributed by atoms with E-state index in [4.69, 9.17) is 21.7 Å². The number of imidazole rings is 1. The van der Waals surface area contributed by atoms with E-state index in [1.54, 1.807) is 12.3 Å². The van der Waals surface area contributed by atoms with Crippen molar-refractivity contribution < 1.29 is 5.11 Å². The van der Waals surface area contributed by atoms with E-state index >= 15 is 0 Å². The lowest BCUT2D eigenvalue weighted by Crippen LogP contribution is -2.08. The Morgan fingerprint density at radius 1 is 1.29 bits per heavy atom. The normalized spacial score (nSPS) is 14.1. The largest absolute Gasteiger partial charge is 0.506 e. The van der Waals surface area contributed by atoms with Crippen LogP contribution in [0, 0.1) is 13.8 Å². The number of hydrogen-bond acceptors (Lipinski definition) is 6. The molecular formula is C24H22BrClN6OS.